The Morgan fingerprint density at radius 3 is 1.25 bits per heavy atom. The van der Waals surface area contributed by atoms with E-state index in [9.17, 15) is 10.0 Å². The van der Waals surface area contributed by atoms with Gasteiger partial charge in [-0.25, -0.2) is 19.9 Å². The van der Waals surface area contributed by atoms with Crippen LogP contribution in [-0.2, 0) is 0 Å². The third-order valence-electron chi connectivity index (χ3n) is 14.6. The second-order valence-electron chi connectivity index (χ2n) is 19.4. The molecule has 0 fully saturated rings. The molecule has 0 aliphatic carbocycles. The van der Waals surface area contributed by atoms with Gasteiger partial charge in [0.1, 0.15) is 17.8 Å². The van der Waals surface area contributed by atoms with Crippen LogP contribution in [0.1, 0.15) is 0 Å². The fraction of sp³-hybridized carbons (Fsp3) is 0. The minimum Gasteiger partial charge on any atom is -0.423 e. The largest absolute Gasteiger partial charge is 0.488 e. The predicted molar refractivity (Wildman–Crippen MR) is 336 cm³/mol. The Labute approximate surface area is 472 Å². The quantitative estimate of drug-likeness (QED) is 0.127. The van der Waals surface area contributed by atoms with E-state index in [1.54, 1.807) is 35.1 Å². The minimum atomic E-state index is -1.47. The standard InChI is InChI=1S/C34H21N3S.C24H18BNO2.C10H5ClN2S/c1-4-16-29-26(13-1)27-14-2-5-17-30(27)37(29)25-12-8-10-23(20-25)22-9-7-11-24(19-22)32-34-33(36-21-35-32)28-15-3-6-18-31(28)38-34;27-25(28)19-9-5-7-17(15-19)18-8-6-10-20(16-18)26-23-13-3-1-11-21(23)22-12-2-4-14-24(22)26;11-10-9-8(12-5-13-10)6-3-1-2-4-7(6)14-9/h1-21H;1-16,27-28H;1-5H. The van der Waals surface area contributed by atoms with Crippen molar-refractivity contribution < 1.29 is 10.0 Å². The molecule has 16 rings (SSSR count). The summed E-state index contributed by atoms with van der Waals surface area (Å²) in [5.41, 5.74) is 15.9. The molecule has 0 radical (unpaired) electrons. The van der Waals surface area contributed by atoms with Gasteiger partial charge >= 0.3 is 7.12 Å². The Hall–Kier alpha value is -9.33. The van der Waals surface area contributed by atoms with Crippen molar-refractivity contribution in [3.05, 3.63) is 260 Å². The lowest BCUT2D eigenvalue weighted by atomic mass is 9.79. The van der Waals surface area contributed by atoms with Crippen LogP contribution in [0.15, 0.2) is 255 Å². The first-order valence-corrected chi connectivity index (χ1v) is 28.1. The van der Waals surface area contributed by atoms with Crippen LogP contribution in [0.5, 0.6) is 0 Å². The lowest BCUT2D eigenvalue weighted by molar-refractivity contribution is 0.426. The summed E-state index contributed by atoms with van der Waals surface area (Å²) in [6.45, 7) is 0. The Bertz CT molecular complexity index is 4900. The number of hydrogen-bond acceptors (Lipinski definition) is 8. The molecule has 0 saturated heterocycles. The summed E-state index contributed by atoms with van der Waals surface area (Å²) in [7, 11) is -1.47. The van der Waals surface area contributed by atoms with Crippen molar-refractivity contribution in [3.63, 3.8) is 0 Å². The van der Waals surface area contributed by atoms with E-state index in [0.717, 1.165) is 65.1 Å². The molecule has 0 saturated carbocycles. The van der Waals surface area contributed by atoms with Crippen molar-refractivity contribution in [2.45, 2.75) is 0 Å². The molecule has 0 aliphatic heterocycles. The van der Waals surface area contributed by atoms with Crippen molar-refractivity contribution in [1.29, 1.82) is 0 Å². The van der Waals surface area contributed by atoms with Gasteiger partial charge in [-0.3, -0.25) is 0 Å². The molecule has 8 nitrogen and oxygen atoms in total. The average molecular weight is 1090 g/mol. The SMILES string of the molecule is Clc1ncnc2c1sc1ccccc12.OB(O)c1cccc(-c2cccc(-n3c4ccccc4c4ccccc43)c2)c1.c1cc(-c2cccc(-n3c4ccccc4c4ccccc43)c2)cc(-c2ncnc3c2sc2ccccc23)c1. The molecule has 80 heavy (non-hydrogen) atoms. The van der Waals surface area contributed by atoms with Gasteiger partial charge in [0.15, 0.2) is 0 Å². The highest BCUT2D eigenvalue weighted by molar-refractivity contribution is 7.26. The zero-order valence-corrected chi connectivity index (χ0v) is 45.0. The molecule has 0 bridgehead atoms. The van der Waals surface area contributed by atoms with Crippen molar-refractivity contribution in [1.82, 2.24) is 29.1 Å². The first-order valence-electron chi connectivity index (χ1n) is 26.1. The minimum absolute atomic E-state index is 0.486. The highest BCUT2D eigenvalue weighted by Gasteiger charge is 2.17. The molecular formula is C68H44BClN6O2S2. The molecule has 16 aromatic rings. The van der Waals surface area contributed by atoms with Gasteiger partial charge in [0.25, 0.3) is 0 Å². The van der Waals surface area contributed by atoms with Crippen LogP contribution in [0.4, 0.5) is 0 Å². The van der Waals surface area contributed by atoms with Crippen LogP contribution in [-0.4, -0.2) is 46.2 Å². The van der Waals surface area contributed by atoms with E-state index in [1.165, 1.54) is 70.3 Å². The number of thiophene rings is 2. The van der Waals surface area contributed by atoms with E-state index in [0.29, 0.717) is 10.6 Å². The summed E-state index contributed by atoms with van der Waals surface area (Å²) < 4.78 is 9.17. The Morgan fingerprint density at radius 1 is 0.350 bits per heavy atom. The van der Waals surface area contributed by atoms with E-state index in [2.05, 4.69) is 218 Å². The van der Waals surface area contributed by atoms with Crippen molar-refractivity contribution in [2.75, 3.05) is 0 Å². The summed E-state index contributed by atoms with van der Waals surface area (Å²) in [6.07, 6.45) is 3.19. The van der Waals surface area contributed by atoms with Crippen molar-refractivity contribution in [2.24, 2.45) is 0 Å². The van der Waals surface area contributed by atoms with Gasteiger partial charge in [0.05, 0.1) is 48.2 Å². The first kappa shape index (κ1) is 49.0. The maximum Gasteiger partial charge on any atom is 0.488 e. The lowest BCUT2D eigenvalue weighted by Crippen LogP contribution is -2.29. The Balaban J connectivity index is 0.000000120. The number of halogens is 1. The number of para-hydroxylation sites is 4. The molecule has 0 aliphatic rings. The van der Waals surface area contributed by atoms with Crippen molar-refractivity contribution >= 4 is 131 Å². The second kappa shape index (κ2) is 20.8. The van der Waals surface area contributed by atoms with Gasteiger partial charge < -0.3 is 19.2 Å². The van der Waals surface area contributed by atoms with Gasteiger partial charge in [-0.15, -0.1) is 22.7 Å². The normalized spacial score (nSPS) is 11.4. The van der Waals surface area contributed by atoms with Crippen LogP contribution in [0, 0.1) is 0 Å². The van der Waals surface area contributed by atoms with Crippen LogP contribution in [0.2, 0.25) is 5.15 Å². The average Bonchev–Trinajstić information content (AvgIpc) is 4.32. The maximum atomic E-state index is 9.49. The second-order valence-corrected chi connectivity index (χ2v) is 21.8. The molecular weight excluding hydrogens is 1040 g/mol. The molecule has 6 heterocycles. The third kappa shape index (κ3) is 8.84. The van der Waals surface area contributed by atoms with Crippen LogP contribution < -0.4 is 5.46 Å². The molecule has 0 atom stereocenters. The summed E-state index contributed by atoms with van der Waals surface area (Å²) in [5, 5.41) is 26.9. The topological polar surface area (TPSA) is 102 Å². The Kier molecular flexibility index (Phi) is 12.7. The molecule has 0 amide bonds. The predicted octanol–water partition coefficient (Wildman–Crippen LogP) is 16.9. The summed E-state index contributed by atoms with van der Waals surface area (Å²) in [6, 6.07) is 83.9. The third-order valence-corrected chi connectivity index (χ3v) is 17.4. The molecule has 0 spiro atoms. The highest BCUT2D eigenvalue weighted by atomic mass is 35.5. The monoisotopic (exact) mass is 1090 g/mol. The molecule has 6 aromatic heterocycles. The van der Waals surface area contributed by atoms with E-state index in [4.69, 9.17) is 16.6 Å². The fourth-order valence-corrected chi connectivity index (χ4v) is 13.5. The van der Waals surface area contributed by atoms with Gasteiger partial charge in [0, 0.05) is 58.7 Å². The van der Waals surface area contributed by atoms with Gasteiger partial charge in [-0.1, -0.05) is 188 Å². The number of benzene rings is 10. The number of nitrogens with zero attached hydrogens (tertiary/aromatic N) is 6. The van der Waals surface area contributed by atoms with E-state index < -0.39 is 7.12 Å². The highest BCUT2D eigenvalue weighted by Crippen LogP contribution is 2.40. The molecule has 380 valence electrons. The Morgan fingerprint density at radius 2 is 0.738 bits per heavy atom. The lowest BCUT2D eigenvalue weighted by Gasteiger charge is -2.11. The summed E-state index contributed by atoms with van der Waals surface area (Å²) >= 11 is 9.38. The molecule has 2 N–H and O–H groups in total. The van der Waals surface area contributed by atoms with E-state index in [1.807, 2.05) is 42.5 Å². The van der Waals surface area contributed by atoms with Crippen LogP contribution in [0.25, 0.3) is 129 Å². The van der Waals surface area contributed by atoms with Gasteiger partial charge in [0.2, 0.25) is 0 Å². The number of aromatic nitrogens is 6. The molecule has 10 aromatic carbocycles. The van der Waals surface area contributed by atoms with Crippen molar-refractivity contribution in [3.8, 4) is 44.9 Å². The van der Waals surface area contributed by atoms with Crippen LogP contribution >= 0.6 is 34.3 Å². The zero-order chi connectivity index (χ0) is 53.7. The summed E-state index contributed by atoms with van der Waals surface area (Å²) in [5.74, 6) is 0. The van der Waals surface area contributed by atoms with Gasteiger partial charge in [-0.05, 0) is 94.4 Å². The van der Waals surface area contributed by atoms with Crippen LogP contribution in [0.3, 0.4) is 0 Å². The molecule has 12 heteroatoms. The zero-order valence-electron chi connectivity index (χ0n) is 42.6. The first-order chi connectivity index (χ1) is 39.4. The smallest absolute Gasteiger partial charge is 0.423 e. The number of fused-ring (bicyclic) bond motifs is 12. The maximum absolute atomic E-state index is 9.49. The number of rotatable bonds is 6. The summed E-state index contributed by atoms with van der Waals surface area (Å²) in [4.78, 5) is 17.6. The number of hydrogen-bond donors (Lipinski definition) is 2. The fourth-order valence-electron chi connectivity index (χ4n) is 11.0. The van der Waals surface area contributed by atoms with E-state index >= 15 is 0 Å². The van der Waals surface area contributed by atoms with Gasteiger partial charge in [-0.2, -0.15) is 0 Å². The molecule has 0 unspecified atom stereocenters. The van der Waals surface area contributed by atoms with E-state index in [-0.39, 0.29) is 0 Å².